The first-order chi connectivity index (χ1) is 15.5. The van der Waals surface area contributed by atoms with Gasteiger partial charge >= 0.3 is 0 Å². The number of para-hydroxylation sites is 2. The molecule has 0 saturated carbocycles. The summed E-state index contributed by atoms with van der Waals surface area (Å²) in [4.78, 5) is 24.2. The predicted octanol–water partition coefficient (Wildman–Crippen LogP) is 3.96. The topological polar surface area (TPSA) is 99.2 Å². The van der Waals surface area contributed by atoms with Gasteiger partial charge < -0.3 is 15.8 Å². The Balaban J connectivity index is 1.57. The summed E-state index contributed by atoms with van der Waals surface area (Å²) in [6.07, 6.45) is 0. The van der Waals surface area contributed by atoms with E-state index in [1.54, 1.807) is 28.9 Å². The Hall–Kier alpha value is -4.39. The summed E-state index contributed by atoms with van der Waals surface area (Å²) in [7, 11) is 0. The number of rotatable bonds is 7. The second-order valence-corrected chi connectivity index (χ2v) is 7.23. The van der Waals surface area contributed by atoms with Gasteiger partial charge in [-0.3, -0.25) is 9.59 Å². The van der Waals surface area contributed by atoms with Crippen LogP contribution in [0.1, 0.15) is 15.9 Å². The minimum absolute atomic E-state index is 0.219. The van der Waals surface area contributed by atoms with E-state index in [0.717, 1.165) is 22.5 Å². The first-order valence-corrected chi connectivity index (χ1v) is 10.1. The highest BCUT2D eigenvalue weighted by molar-refractivity contribution is 5.96. The van der Waals surface area contributed by atoms with E-state index >= 15 is 0 Å². The van der Waals surface area contributed by atoms with Crippen molar-refractivity contribution in [1.82, 2.24) is 9.78 Å². The number of nitrogens with one attached hydrogen (secondary N) is 1. The smallest absolute Gasteiger partial charge is 0.263 e. The molecule has 160 valence electrons. The molecule has 0 aliphatic carbocycles. The van der Waals surface area contributed by atoms with Crippen LogP contribution in [0.2, 0.25) is 0 Å². The number of benzene rings is 3. The summed E-state index contributed by atoms with van der Waals surface area (Å²) in [5, 5.41) is 7.54. The van der Waals surface area contributed by atoms with Crippen LogP contribution in [0.4, 0.5) is 5.82 Å². The van der Waals surface area contributed by atoms with Crippen LogP contribution >= 0.6 is 0 Å². The molecule has 4 rings (SSSR count). The number of ether oxygens (including phenoxy) is 1. The number of carbonyl (C=O) groups excluding carboxylic acids is 2. The lowest BCUT2D eigenvalue weighted by molar-refractivity contribution is -0.118. The first kappa shape index (κ1) is 20.9. The highest BCUT2D eigenvalue weighted by Crippen LogP contribution is 2.25. The SMILES string of the molecule is Cc1ccc(-c2cc(NC(=O)COc3ccccc3C(N)=O)n(-c3ccccc3)n2)cc1. The van der Waals surface area contributed by atoms with Gasteiger partial charge in [-0.15, -0.1) is 0 Å². The van der Waals surface area contributed by atoms with Gasteiger partial charge in [0.15, 0.2) is 6.61 Å². The minimum atomic E-state index is -0.620. The van der Waals surface area contributed by atoms with Gasteiger partial charge in [-0.2, -0.15) is 5.10 Å². The Morgan fingerprint density at radius 2 is 1.66 bits per heavy atom. The van der Waals surface area contributed by atoms with Crippen LogP contribution in [-0.2, 0) is 4.79 Å². The van der Waals surface area contributed by atoms with Crippen molar-refractivity contribution in [3.8, 4) is 22.7 Å². The first-order valence-electron chi connectivity index (χ1n) is 10.1. The maximum atomic E-state index is 12.6. The van der Waals surface area contributed by atoms with E-state index in [9.17, 15) is 9.59 Å². The third-order valence-corrected chi connectivity index (χ3v) is 4.84. The van der Waals surface area contributed by atoms with Crippen LogP contribution in [-0.4, -0.2) is 28.2 Å². The number of hydrogen-bond acceptors (Lipinski definition) is 4. The van der Waals surface area contributed by atoms with E-state index in [0.29, 0.717) is 5.82 Å². The van der Waals surface area contributed by atoms with Crippen LogP contribution in [0.3, 0.4) is 0 Å². The average molecular weight is 426 g/mol. The highest BCUT2D eigenvalue weighted by atomic mass is 16.5. The highest BCUT2D eigenvalue weighted by Gasteiger charge is 2.15. The molecule has 0 saturated heterocycles. The van der Waals surface area contributed by atoms with Gasteiger partial charge in [0, 0.05) is 11.6 Å². The number of hydrogen-bond donors (Lipinski definition) is 2. The van der Waals surface area contributed by atoms with Crippen molar-refractivity contribution in [3.05, 3.63) is 96.1 Å². The van der Waals surface area contributed by atoms with Crippen molar-refractivity contribution >= 4 is 17.6 Å². The fourth-order valence-corrected chi connectivity index (χ4v) is 3.22. The molecule has 3 N–H and O–H groups in total. The van der Waals surface area contributed by atoms with Crippen molar-refractivity contribution in [2.75, 3.05) is 11.9 Å². The lowest BCUT2D eigenvalue weighted by atomic mass is 10.1. The summed E-state index contributed by atoms with van der Waals surface area (Å²) in [5.74, 6) is -0.252. The standard InChI is InChI=1S/C25H22N4O3/c1-17-11-13-18(14-12-17)21-15-23(29(28-21)19-7-3-2-4-8-19)27-24(30)16-32-22-10-6-5-9-20(22)25(26)31/h2-15H,16H2,1H3,(H2,26,31)(H,27,30). The molecule has 0 aliphatic rings. The molecule has 0 spiro atoms. The maximum absolute atomic E-state index is 12.6. The third-order valence-electron chi connectivity index (χ3n) is 4.84. The lowest BCUT2D eigenvalue weighted by Crippen LogP contribution is -2.23. The molecule has 0 radical (unpaired) electrons. The van der Waals surface area contributed by atoms with Crippen molar-refractivity contribution in [2.45, 2.75) is 6.92 Å². The van der Waals surface area contributed by atoms with E-state index in [4.69, 9.17) is 10.5 Å². The summed E-state index contributed by atoms with van der Waals surface area (Å²) < 4.78 is 7.21. The monoisotopic (exact) mass is 426 g/mol. The summed E-state index contributed by atoms with van der Waals surface area (Å²) in [5.41, 5.74) is 9.20. The Labute approximate surface area is 185 Å². The van der Waals surface area contributed by atoms with Crippen molar-refractivity contribution in [3.63, 3.8) is 0 Å². The molecule has 1 aromatic heterocycles. The number of amides is 2. The number of anilines is 1. The van der Waals surface area contributed by atoms with Crippen LogP contribution in [0.15, 0.2) is 84.9 Å². The van der Waals surface area contributed by atoms with E-state index in [-0.39, 0.29) is 17.9 Å². The van der Waals surface area contributed by atoms with Crippen LogP contribution < -0.4 is 15.8 Å². The molecule has 0 bridgehead atoms. The number of carbonyl (C=O) groups is 2. The number of nitrogens with zero attached hydrogens (tertiary/aromatic N) is 2. The Kier molecular flexibility index (Phi) is 5.98. The lowest BCUT2D eigenvalue weighted by Gasteiger charge is -2.11. The van der Waals surface area contributed by atoms with Crippen LogP contribution in [0, 0.1) is 6.92 Å². The Morgan fingerprint density at radius 3 is 2.38 bits per heavy atom. The largest absolute Gasteiger partial charge is 0.483 e. The van der Waals surface area contributed by atoms with Gasteiger partial charge in [-0.1, -0.05) is 60.2 Å². The maximum Gasteiger partial charge on any atom is 0.263 e. The van der Waals surface area contributed by atoms with E-state index in [1.165, 1.54) is 0 Å². The summed E-state index contributed by atoms with van der Waals surface area (Å²) in [6, 6.07) is 25.9. The molecule has 7 nitrogen and oxygen atoms in total. The average Bonchev–Trinajstić information content (AvgIpc) is 3.22. The molecule has 7 heteroatoms. The summed E-state index contributed by atoms with van der Waals surface area (Å²) in [6.45, 7) is 1.73. The van der Waals surface area contributed by atoms with E-state index in [1.807, 2.05) is 67.6 Å². The molecule has 2 amide bonds. The van der Waals surface area contributed by atoms with Gasteiger partial charge in [-0.25, -0.2) is 4.68 Å². The van der Waals surface area contributed by atoms with Crippen LogP contribution in [0.5, 0.6) is 5.75 Å². The Bertz CT molecular complexity index is 1250. The number of nitrogens with two attached hydrogens (primary N) is 1. The fourth-order valence-electron chi connectivity index (χ4n) is 3.22. The number of aryl methyl sites for hydroxylation is 1. The second kappa shape index (κ2) is 9.18. The molecular weight excluding hydrogens is 404 g/mol. The van der Waals surface area contributed by atoms with Gasteiger partial charge in [-0.05, 0) is 31.2 Å². The van der Waals surface area contributed by atoms with Gasteiger partial charge in [0.2, 0.25) is 0 Å². The normalized spacial score (nSPS) is 10.5. The van der Waals surface area contributed by atoms with Crippen molar-refractivity contribution in [2.24, 2.45) is 5.73 Å². The van der Waals surface area contributed by atoms with E-state index in [2.05, 4.69) is 10.4 Å². The van der Waals surface area contributed by atoms with Crippen molar-refractivity contribution < 1.29 is 14.3 Å². The van der Waals surface area contributed by atoms with E-state index < -0.39 is 11.8 Å². The van der Waals surface area contributed by atoms with Crippen LogP contribution in [0.25, 0.3) is 16.9 Å². The zero-order chi connectivity index (χ0) is 22.5. The molecule has 3 aromatic carbocycles. The third kappa shape index (κ3) is 4.67. The van der Waals surface area contributed by atoms with Gasteiger partial charge in [0.25, 0.3) is 11.8 Å². The quantitative estimate of drug-likeness (QED) is 0.467. The zero-order valence-corrected chi connectivity index (χ0v) is 17.5. The van der Waals surface area contributed by atoms with Crippen molar-refractivity contribution in [1.29, 1.82) is 0 Å². The molecule has 0 aliphatic heterocycles. The fraction of sp³-hybridized carbons (Fsp3) is 0.0800. The van der Waals surface area contributed by atoms with Gasteiger partial charge in [0.05, 0.1) is 16.9 Å². The zero-order valence-electron chi connectivity index (χ0n) is 17.5. The predicted molar refractivity (Wildman–Crippen MR) is 123 cm³/mol. The molecule has 0 unspecified atom stereocenters. The number of aromatic nitrogens is 2. The minimum Gasteiger partial charge on any atom is -0.483 e. The molecule has 0 atom stereocenters. The summed E-state index contributed by atoms with van der Waals surface area (Å²) >= 11 is 0. The van der Waals surface area contributed by atoms with Gasteiger partial charge in [0.1, 0.15) is 11.6 Å². The second-order valence-electron chi connectivity index (χ2n) is 7.23. The number of primary amides is 1. The molecule has 0 fully saturated rings. The molecule has 1 heterocycles. The molecular formula is C25H22N4O3. The molecule has 32 heavy (non-hydrogen) atoms. The Morgan fingerprint density at radius 1 is 0.969 bits per heavy atom. The molecule has 4 aromatic rings.